The van der Waals surface area contributed by atoms with Crippen molar-refractivity contribution in [2.45, 2.75) is 32.0 Å². The first-order valence-corrected chi connectivity index (χ1v) is 4.21. The van der Waals surface area contributed by atoms with E-state index in [0.717, 1.165) is 36.1 Å². The van der Waals surface area contributed by atoms with Gasteiger partial charge in [0.15, 0.2) is 0 Å². The average molecular weight is 168 g/mol. The Hall–Kier alpha value is -0.800. The summed E-state index contributed by atoms with van der Waals surface area (Å²) in [4.78, 5) is 0. The average Bonchev–Trinajstić information content (AvgIpc) is 2.49. The highest BCUT2D eigenvalue weighted by atomic mass is 16.3. The van der Waals surface area contributed by atoms with E-state index in [-0.39, 0.29) is 6.61 Å². The van der Waals surface area contributed by atoms with Crippen molar-refractivity contribution in [1.82, 2.24) is 0 Å². The minimum Gasteiger partial charge on any atom is -0.469 e. The van der Waals surface area contributed by atoms with Gasteiger partial charge < -0.3 is 14.6 Å². The molecule has 1 aromatic heterocycles. The lowest BCUT2D eigenvalue weighted by atomic mass is 9.93. The molecule has 0 saturated carbocycles. The summed E-state index contributed by atoms with van der Waals surface area (Å²) in [5.74, 6) is 0.845. The highest BCUT2D eigenvalue weighted by Crippen LogP contribution is 2.33. The van der Waals surface area contributed by atoms with Crippen molar-refractivity contribution in [3.63, 3.8) is 0 Å². The lowest BCUT2D eigenvalue weighted by molar-refractivity contribution is 0.149. The van der Waals surface area contributed by atoms with Crippen molar-refractivity contribution in [3.05, 3.63) is 23.2 Å². The summed E-state index contributed by atoms with van der Waals surface area (Å²) >= 11 is 0. The maximum atomic E-state index is 9.59. The van der Waals surface area contributed by atoms with Gasteiger partial charge in [0, 0.05) is 17.5 Å². The normalized spacial score (nSPS) is 22.3. The number of aliphatic hydroxyl groups excluding tert-OH is 2. The van der Waals surface area contributed by atoms with Gasteiger partial charge in [-0.3, -0.25) is 0 Å². The van der Waals surface area contributed by atoms with Gasteiger partial charge in [0.05, 0.1) is 19.0 Å². The molecule has 1 aromatic rings. The van der Waals surface area contributed by atoms with Crippen LogP contribution in [0.15, 0.2) is 10.7 Å². The predicted octanol–water partition coefficient (Wildman–Crippen LogP) is 1.14. The lowest BCUT2D eigenvalue weighted by Crippen LogP contribution is -2.08. The molecule has 3 heteroatoms. The van der Waals surface area contributed by atoms with E-state index in [1.54, 1.807) is 6.26 Å². The van der Waals surface area contributed by atoms with Crippen LogP contribution >= 0.6 is 0 Å². The third-order valence-corrected chi connectivity index (χ3v) is 2.37. The molecular weight excluding hydrogens is 156 g/mol. The summed E-state index contributed by atoms with van der Waals surface area (Å²) in [5.41, 5.74) is 1.56. The SMILES string of the molecule is OCc1coc2c1C(O)CCC2. The number of aryl methyl sites for hydroxylation is 1. The van der Waals surface area contributed by atoms with Gasteiger partial charge in [-0.2, -0.15) is 0 Å². The molecule has 0 amide bonds. The molecule has 0 aromatic carbocycles. The third kappa shape index (κ3) is 1.06. The summed E-state index contributed by atoms with van der Waals surface area (Å²) < 4.78 is 5.23. The third-order valence-electron chi connectivity index (χ3n) is 2.37. The van der Waals surface area contributed by atoms with E-state index in [4.69, 9.17) is 9.52 Å². The van der Waals surface area contributed by atoms with Gasteiger partial charge in [-0.05, 0) is 12.8 Å². The molecule has 0 saturated heterocycles. The Bertz CT molecular complexity index is 264. The summed E-state index contributed by atoms with van der Waals surface area (Å²) in [6.07, 6.45) is 3.73. The molecular formula is C9H12O3. The Labute approximate surface area is 70.6 Å². The predicted molar refractivity (Wildman–Crippen MR) is 42.5 cm³/mol. The fourth-order valence-electron chi connectivity index (χ4n) is 1.76. The van der Waals surface area contributed by atoms with Crippen molar-refractivity contribution in [2.24, 2.45) is 0 Å². The molecule has 66 valence electrons. The fraction of sp³-hybridized carbons (Fsp3) is 0.556. The largest absolute Gasteiger partial charge is 0.469 e. The molecule has 2 N–H and O–H groups in total. The Balaban J connectivity index is 2.43. The maximum Gasteiger partial charge on any atom is 0.109 e. The zero-order valence-electron chi connectivity index (χ0n) is 6.79. The molecule has 0 aliphatic heterocycles. The highest BCUT2D eigenvalue weighted by molar-refractivity contribution is 5.31. The van der Waals surface area contributed by atoms with E-state index >= 15 is 0 Å². The number of furan rings is 1. The monoisotopic (exact) mass is 168 g/mol. The Kier molecular flexibility index (Phi) is 1.90. The molecule has 0 fully saturated rings. The quantitative estimate of drug-likeness (QED) is 0.661. The van der Waals surface area contributed by atoms with Crippen LogP contribution in [-0.4, -0.2) is 10.2 Å². The molecule has 2 rings (SSSR count). The minimum atomic E-state index is -0.436. The van der Waals surface area contributed by atoms with Gasteiger partial charge in [-0.1, -0.05) is 0 Å². The topological polar surface area (TPSA) is 53.6 Å². The molecule has 0 radical (unpaired) electrons. The summed E-state index contributed by atoms with van der Waals surface area (Å²) in [6.45, 7) is -0.0457. The minimum absolute atomic E-state index is 0.0457. The second-order valence-electron chi connectivity index (χ2n) is 3.16. The second kappa shape index (κ2) is 2.92. The lowest BCUT2D eigenvalue weighted by Gasteiger charge is -2.17. The molecule has 12 heavy (non-hydrogen) atoms. The van der Waals surface area contributed by atoms with Gasteiger partial charge >= 0.3 is 0 Å². The molecule has 1 atom stereocenters. The van der Waals surface area contributed by atoms with Crippen LogP contribution in [0.2, 0.25) is 0 Å². The van der Waals surface area contributed by atoms with Gasteiger partial charge in [-0.25, -0.2) is 0 Å². The summed E-state index contributed by atoms with van der Waals surface area (Å²) in [7, 11) is 0. The van der Waals surface area contributed by atoms with Gasteiger partial charge in [-0.15, -0.1) is 0 Å². The first-order chi connectivity index (χ1) is 5.83. The second-order valence-corrected chi connectivity index (χ2v) is 3.16. The molecule has 1 unspecified atom stereocenters. The van der Waals surface area contributed by atoms with Gasteiger partial charge in [0.1, 0.15) is 5.76 Å². The zero-order chi connectivity index (χ0) is 8.55. The standard InChI is InChI=1S/C9H12O3/c10-4-6-5-12-8-3-1-2-7(11)9(6)8/h5,7,10-11H,1-4H2. The van der Waals surface area contributed by atoms with Crippen molar-refractivity contribution >= 4 is 0 Å². The fourth-order valence-corrected chi connectivity index (χ4v) is 1.76. The van der Waals surface area contributed by atoms with Crippen LogP contribution in [0.1, 0.15) is 35.8 Å². The van der Waals surface area contributed by atoms with Crippen LogP contribution in [-0.2, 0) is 13.0 Å². The Morgan fingerprint density at radius 3 is 3.17 bits per heavy atom. The summed E-state index contributed by atoms with van der Waals surface area (Å²) in [5, 5.41) is 18.5. The van der Waals surface area contributed by atoms with E-state index in [2.05, 4.69) is 0 Å². The van der Waals surface area contributed by atoms with E-state index in [1.807, 2.05) is 0 Å². The van der Waals surface area contributed by atoms with Crippen LogP contribution in [0.4, 0.5) is 0 Å². The molecule has 0 bridgehead atoms. The molecule has 3 nitrogen and oxygen atoms in total. The molecule has 1 aliphatic rings. The Morgan fingerprint density at radius 2 is 2.42 bits per heavy atom. The first kappa shape index (κ1) is 7.83. The smallest absolute Gasteiger partial charge is 0.109 e. The molecule has 1 heterocycles. The van der Waals surface area contributed by atoms with E-state index in [9.17, 15) is 5.11 Å². The Morgan fingerprint density at radius 1 is 1.58 bits per heavy atom. The zero-order valence-corrected chi connectivity index (χ0v) is 6.79. The number of hydrogen-bond donors (Lipinski definition) is 2. The number of hydrogen-bond acceptors (Lipinski definition) is 3. The number of aliphatic hydroxyl groups is 2. The summed E-state index contributed by atoms with van der Waals surface area (Å²) in [6, 6.07) is 0. The van der Waals surface area contributed by atoms with Crippen LogP contribution in [0, 0.1) is 0 Å². The van der Waals surface area contributed by atoms with Crippen molar-refractivity contribution in [3.8, 4) is 0 Å². The van der Waals surface area contributed by atoms with Crippen molar-refractivity contribution in [1.29, 1.82) is 0 Å². The van der Waals surface area contributed by atoms with Crippen LogP contribution in [0.25, 0.3) is 0 Å². The maximum absolute atomic E-state index is 9.59. The van der Waals surface area contributed by atoms with Gasteiger partial charge in [0.2, 0.25) is 0 Å². The molecule has 1 aliphatic carbocycles. The first-order valence-electron chi connectivity index (χ1n) is 4.21. The van der Waals surface area contributed by atoms with E-state index in [0.29, 0.717) is 0 Å². The van der Waals surface area contributed by atoms with Gasteiger partial charge in [0.25, 0.3) is 0 Å². The van der Waals surface area contributed by atoms with Crippen molar-refractivity contribution in [2.75, 3.05) is 0 Å². The molecule has 0 spiro atoms. The number of fused-ring (bicyclic) bond motifs is 1. The van der Waals surface area contributed by atoms with Crippen LogP contribution in [0.5, 0.6) is 0 Å². The highest BCUT2D eigenvalue weighted by Gasteiger charge is 2.24. The van der Waals surface area contributed by atoms with E-state index in [1.165, 1.54) is 0 Å². The van der Waals surface area contributed by atoms with Crippen LogP contribution in [0.3, 0.4) is 0 Å². The number of rotatable bonds is 1. The van der Waals surface area contributed by atoms with E-state index < -0.39 is 6.10 Å². The van der Waals surface area contributed by atoms with Crippen molar-refractivity contribution < 1.29 is 14.6 Å². The van der Waals surface area contributed by atoms with Crippen LogP contribution < -0.4 is 0 Å².